The van der Waals surface area contributed by atoms with E-state index in [0.717, 1.165) is 19.3 Å². The van der Waals surface area contributed by atoms with Crippen LogP contribution in [0.25, 0.3) is 0 Å². The molecule has 1 atom stereocenters. The lowest BCUT2D eigenvalue weighted by atomic mass is 10.1. The Morgan fingerprint density at radius 1 is 1.46 bits per heavy atom. The fourth-order valence-electron chi connectivity index (χ4n) is 1.08. The summed E-state index contributed by atoms with van der Waals surface area (Å²) in [6.07, 6.45) is 2.37. The number of carbonyl (C=O) groups is 1. The summed E-state index contributed by atoms with van der Waals surface area (Å²) in [5.74, 6) is -0.985. The SMILES string of the molecule is CCCCCC(C)(OC)OC(=O)O. The number of unbranched alkanes of at least 4 members (excludes halogenated alkanes) is 2. The van der Waals surface area contributed by atoms with E-state index in [4.69, 9.17) is 9.84 Å². The van der Waals surface area contributed by atoms with Gasteiger partial charge in [0.25, 0.3) is 0 Å². The highest BCUT2D eigenvalue weighted by atomic mass is 16.8. The first-order valence-corrected chi connectivity index (χ1v) is 4.51. The minimum atomic E-state index is -1.29. The Morgan fingerprint density at radius 3 is 2.46 bits per heavy atom. The van der Waals surface area contributed by atoms with Crippen molar-refractivity contribution in [2.75, 3.05) is 7.11 Å². The van der Waals surface area contributed by atoms with Crippen LogP contribution in [-0.2, 0) is 9.47 Å². The number of rotatable bonds is 6. The second-order valence-electron chi connectivity index (χ2n) is 3.16. The molecule has 78 valence electrons. The van der Waals surface area contributed by atoms with Gasteiger partial charge in [0.1, 0.15) is 0 Å². The van der Waals surface area contributed by atoms with Crippen molar-refractivity contribution in [2.24, 2.45) is 0 Å². The molecular formula is C9H18O4. The van der Waals surface area contributed by atoms with Crippen molar-refractivity contribution in [2.45, 2.75) is 45.3 Å². The zero-order chi connectivity index (χ0) is 10.3. The van der Waals surface area contributed by atoms with Crippen molar-refractivity contribution in [3.63, 3.8) is 0 Å². The van der Waals surface area contributed by atoms with Gasteiger partial charge in [-0.25, -0.2) is 4.79 Å². The second kappa shape index (κ2) is 5.80. The van der Waals surface area contributed by atoms with Gasteiger partial charge in [0.15, 0.2) is 0 Å². The fourth-order valence-corrected chi connectivity index (χ4v) is 1.08. The standard InChI is InChI=1S/C9H18O4/c1-4-5-6-7-9(2,12-3)13-8(10)11/h4-7H2,1-3H3,(H,10,11). The number of hydrogen-bond donors (Lipinski definition) is 1. The van der Waals surface area contributed by atoms with E-state index in [2.05, 4.69) is 11.7 Å². The Balaban J connectivity index is 3.88. The lowest BCUT2D eigenvalue weighted by Gasteiger charge is -2.26. The molecule has 0 bridgehead atoms. The summed E-state index contributed by atoms with van der Waals surface area (Å²) in [7, 11) is 1.45. The van der Waals surface area contributed by atoms with Crippen LogP contribution in [-0.4, -0.2) is 24.2 Å². The molecule has 0 heterocycles. The van der Waals surface area contributed by atoms with E-state index in [9.17, 15) is 4.79 Å². The van der Waals surface area contributed by atoms with Gasteiger partial charge in [0.2, 0.25) is 5.79 Å². The van der Waals surface area contributed by atoms with Gasteiger partial charge in [-0.2, -0.15) is 0 Å². The Morgan fingerprint density at radius 2 is 2.08 bits per heavy atom. The lowest BCUT2D eigenvalue weighted by Crippen LogP contribution is -2.33. The maximum absolute atomic E-state index is 10.3. The molecule has 0 saturated carbocycles. The highest BCUT2D eigenvalue weighted by Gasteiger charge is 2.27. The smallest absolute Gasteiger partial charge is 0.450 e. The summed E-state index contributed by atoms with van der Waals surface area (Å²) >= 11 is 0. The van der Waals surface area contributed by atoms with Gasteiger partial charge in [0.05, 0.1) is 0 Å². The van der Waals surface area contributed by atoms with Crippen LogP contribution in [0.4, 0.5) is 4.79 Å². The monoisotopic (exact) mass is 190 g/mol. The molecule has 0 aromatic carbocycles. The maximum Gasteiger partial charge on any atom is 0.508 e. The van der Waals surface area contributed by atoms with Crippen molar-refractivity contribution in [3.8, 4) is 0 Å². The van der Waals surface area contributed by atoms with Gasteiger partial charge < -0.3 is 14.6 Å². The maximum atomic E-state index is 10.3. The van der Waals surface area contributed by atoms with Crippen LogP contribution in [0.15, 0.2) is 0 Å². The predicted octanol–water partition coefficient (Wildman–Crippen LogP) is 2.62. The molecule has 0 rings (SSSR count). The molecule has 1 unspecified atom stereocenters. The average Bonchev–Trinajstić information content (AvgIpc) is 2.04. The zero-order valence-electron chi connectivity index (χ0n) is 8.50. The first-order chi connectivity index (χ1) is 6.04. The predicted molar refractivity (Wildman–Crippen MR) is 48.7 cm³/mol. The molecule has 0 aliphatic heterocycles. The molecule has 0 spiro atoms. The van der Waals surface area contributed by atoms with Crippen molar-refractivity contribution < 1.29 is 19.4 Å². The zero-order valence-corrected chi connectivity index (χ0v) is 8.50. The second-order valence-corrected chi connectivity index (χ2v) is 3.16. The van der Waals surface area contributed by atoms with Gasteiger partial charge in [-0.15, -0.1) is 0 Å². The van der Waals surface area contributed by atoms with Gasteiger partial charge in [-0.3, -0.25) is 0 Å². The summed E-state index contributed by atoms with van der Waals surface area (Å²) in [4.78, 5) is 10.3. The van der Waals surface area contributed by atoms with Crippen molar-refractivity contribution in [3.05, 3.63) is 0 Å². The third kappa shape index (κ3) is 5.47. The number of methoxy groups -OCH3 is 1. The molecule has 0 aliphatic carbocycles. The van der Waals surface area contributed by atoms with E-state index in [0.29, 0.717) is 6.42 Å². The molecule has 0 radical (unpaired) electrons. The summed E-state index contributed by atoms with van der Waals surface area (Å²) in [5, 5.41) is 8.43. The fraction of sp³-hybridized carbons (Fsp3) is 0.889. The van der Waals surface area contributed by atoms with E-state index in [1.807, 2.05) is 0 Å². The molecule has 0 aromatic rings. The van der Waals surface area contributed by atoms with E-state index in [1.54, 1.807) is 6.92 Å². The molecular weight excluding hydrogens is 172 g/mol. The highest BCUT2D eigenvalue weighted by Crippen LogP contribution is 2.20. The Hall–Kier alpha value is -0.770. The van der Waals surface area contributed by atoms with Crippen LogP contribution in [0.3, 0.4) is 0 Å². The van der Waals surface area contributed by atoms with E-state index >= 15 is 0 Å². The quantitative estimate of drug-likeness (QED) is 0.397. The van der Waals surface area contributed by atoms with Gasteiger partial charge >= 0.3 is 6.16 Å². The minimum Gasteiger partial charge on any atom is -0.450 e. The lowest BCUT2D eigenvalue weighted by molar-refractivity contribution is -0.185. The molecule has 1 N–H and O–H groups in total. The van der Waals surface area contributed by atoms with Crippen LogP contribution >= 0.6 is 0 Å². The molecule has 4 heteroatoms. The number of hydrogen-bond acceptors (Lipinski definition) is 3. The Kier molecular flexibility index (Phi) is 5.46. The van der Waals surface area contributed by atoms with Crippen LogP contribution in [0.5, 0.6) is 0 Å². The van der Waals surface area contributed by atoms with E-state index in [1.165, 1.54) is 7.11 Å². The summed E-state index contributed by atoms with van der Waals surface area (Å²) in [6.45, 7) is 3.72. The minimum absolute atomic E-state index is 0.601. The van der Waals surface area contributed by atoms with Gasteiger partial charge in [-0.1, -0.05) is 19.8 Å². The van der Waals surface area contributed by atoms with Crippen molar-refractivity contribution in [1.29, 1.82) is 0 Å². The van der Waals surface area contributed by atoms with E-state index in [-0.39, 0.29) is 0 Å². The number of ether oxygens (including phenoxy) is 2. The topological polar surface area (TPSA) is 55.8 Å². The normalized spacial score (nSPS) is 15.0. The molecule has 0 fully saturated rings. The van der Waals surface area contributed by atoms with Crippen LogP contribution in [0.1, 0.15) is 39.5 Å². The van der Waals surface area contributed by atoms with Crippen LogP contribution in [0.2, 0.25) is 0 Å². The molecule has 4 nitrogen and oxygen atoms in total. The van der Waals surface area contributed by atoms with Crippen molar-refractivity contribution in [1.82, 2.24) is 0 Å². The first-order valence-electron chi connectivity index (χ1n) is 4.51. The highest BCUT2D eigenvalue weighted by molar-refractivity contribution is 5.57. The summed E-state index contributed by atoms with van der Waals surface area (Å²) in [5.41, 5.74) is 0. The Labute approximate surface area is 78.8 Å². The molecule has 0 aliphatic rings. The Bertz CT molecular complexity index is 158. The van der Waals surface area contributed by atoms with Crippen molar-refractivity contribution >= 4 is 6.16 Å². The van der Waals surface area contributed by atoms with Gasteiger partial charge in [0, 0.05) is 20.5 Å². The molecule has 0 aromatic heterocycles. The third-order valence-corrected chi connectivity index (χ3v) is 1.97. The van der Waals surface area contributed by atoms with E-state index < -0.39 is 11.9 Å². The van der Waals surface area contributed by atoms with Crippen LogP contribution in [0, 0.1) is 0 Å². The summed E-state index contributed by atoms with van der Waals surface area (Å²) in [6, 6.07) is 0. The average molecular weight is 190 g/mol. The summed E-state index contributed by atoms with van der Waals surface area (Å²) < 4.78 is 9.62. The molecule has 0 saturated heterocycles. The molecule has 13 heavy (non-hydrogen) atoms. The van der Waals surface area contributed by atoms with Gasteiger partial charge in [-0.05, 0) is 6.42 Å². The first kappa shape index (κ1) is 12.2. The number of carboxylic acid groups (broad SMARTS) is 1. The largest absolute Gasteiger partial charge is 0.508 e. The molecule has 0 amide bonds. The van der Waals surface area contributed by atoms with Crippen LogP contribution < -0.4 is 0 Å². The third-order valence-electron chi connectivity index (χ3n) is 1.97.